The summed E-state index contributed by atoms with van der Waals surface area (Å²) in [6, 6.07) is 15.4. The molecule has 4 rings (SSSR count). The number of nitrogens with two attached hydrogens (primary N) is 1. The van der Waals surface area contributed by atoms with Crippen LogP contribution in [0.3, 0.4) is 0 Å². The highest BCUT2D eigenvalue weighted by Crippen LogP contribution is 2.28. The van der Waals surface area contributed by atoms with Crippen LogP contribution >= 0.6 is 0 Å². The van der Waals surface area contributed by atoms with Crippen LogP contribution in [0.25, 0.3) is 22.2 Å². The van der Waals surface area contributed by atoms with Crippen molar-refractivity contribution in [1.29, 1.82) is 0 Å². The Kier molecular flexibility index (Phi) is 4.08. The van der Waals surface area contributed by atoms with Crippen molar-refractivity contribution in [3.05, 3.63) is 82.6 Å². The van der Waals surface area contributed by atoms with Gasteiger partial charge in [-0.05, 0) is 60.0 Å². The molecule has 2 aromatic heterocycles. The second-order valence-corrected chi connectivity index (χ2v) is 6.35. The van der Waals surface area contributed by atoms with Crippen LogP contribution in [-0.4, -0.2) is 15.4 Å². The highest BCUT2D eigenvalue weighted by Gasteiger charge is 2.09. The maximum atomic E-state index is 11.7. The first-order chi connectivity index (χ1) is 13.0. The number of pyridine rings is 1. The molecule has 2 heterocycles. The largest absolute Gasteiger partial charge is 0.419 e. The summed E-state index contributed by atoms with van der Waals surface area (Å²) < 4.78 is 6.77. The number of fused-ring (bicyclic) bond motifs is 1. The van der Waals surface area contributed by atoms with Crippen LogP contribution in [0.1, 0.15) is 11.1 Å². The van der Waals surface area contributed by atoms with Gasteiger partial charge in [0.15, 0.2) is 5.58 Å². The Morgan fingerprint density at radius 2 is 1.93 bits per heavy atom. The molecule has 0 radical (unpaired) electrons. The van der Waals surface area contributed by atoms with Gasteiger partial charge in [-0.1, -0.05) is 12.1 Å². The molecule has 0 saturated heterocycles. The van der Waals surface area contributed by atoms with Crippen molar-refractivity contribution >= 4 is 22.6 Å². The lowest BCUT2D eigenvalue weighted by Gasteiger charge is -2.07. The fraction of sp³-hybridized carbons (Fsp3) is 0.0952. The van der Waals surface area contributed by atoms with Crippen LogP contribution in [-0.2, 0) is 7.05 Å². The minimum atomic E-state index is -0.367. The molecule has 0 amide bonds. The number of amidine groups is 1. The molecule has 0 fully saturated rings. The van der Waals surface area contributed by atoms with E-state index in [9.17, 15) is 4.79 Å². The Bertz CT molecular complexity index is 1220. The molecule has 134 valence electrons. The number of oxazole rings is 1. The van der Waals surface area contributed by atoms with E-state index in [0.717, 1.165) is 33.5 Å². The van der Waals surface area contributed by atoms with E-state index in [1.165, 1.54) is 4.57 Å². The average Bonchev–Trinajstić information content (AvgIpc) is 2.97. The number of aryl methyl sites for hydroxylation is 2. The molecular formula is C21H18N4O2. The van der Waals surface area contributed by atoms with Crippen molar-refractivity contribution in [1.82, 2.24) is 9.55 Å². The lowest BCUT2D eigenvalue weighted by Crippen LogP contribution is -2.12. The van der Waals surface area contributed by atoms with Crippen LogP contribution in [0.15, 0.2) is 75.1 Å². The molecule has 0 saturated carbocycles. The van der Waals surface area contributed by atoms with E-state index in [1.807, 2.05) is 55.5 Å². The van der Waals surface area contributed by atoms with Crippen molar-refractivity contribution < 1.29 is 4.42 Å². The SMILES string of the molecule is Cc1cc(-c2ccc3c(c2)oc(=O)n3C)ccc1N=C(N)c1cccnc1. The molecule has 0 unspecified atom stereocenters. The van der Waals surface area contributed by atoms with Crippen LogP contribution in [0.4, 0.5) is 5.69 Å². The molecule has 0 bridgehead atoms. The fourth-order valence-electron chi connectivity index (χ4n) is 2.98. The first-order valence-electron chi connectivity index (χ1n) is 8.48. The lowest BCUT2D eigenvalue weighted by atomic mass is 10.0. The van der Waals surface area contributed by atoms with Gasteiger partial charge in [-0.15, -0.1) is 0 Å². The van der Waals surface area contributed by atoms with Crippen LogP contribution in [0.2, 0.25) is 0 Å². The minimum absolute atomic E-state index is 0.367. The predicted molar refractivity (Wildman–Crippen MR) is 106 cm³/mol. The summed E-state index contributed by atoms with van der Waals surface area (Å²) in [5.41, 5.74) is 12.0. The summed E-state index contributed by atoms with van der Waals surface area (Å²) >= 11 is 0. The highest BCUT2D eigenvalue weighted by atomic mass is 16.4. The third-order valence-electron chi connectivity index (χ3n) is 4.52. The van der Waals surface area contributed by atoms with Crippen molar-refractivity contribution in [2.24, 2.45) is 17.8 Å². The van der Waals surface area contributed by atoms with E-state index in [-0.39, 0.29) is 5.76 Å². The molecule has 0 atom stereocenters. The third-order valence-corrected chi connectivity index (χ3v) is 4.52. The number of hydrogen-bond acceptors (Lipinski definition) is 4. The van der Waals surface area contributed by atoms with Gasteiger partial charge in [-0.3, -0.25) is 9.55 Å². The Morgan fingerprint density at radius 1 is 1.15 bits per heavy atom. The number of nitrogens with zero attached hydrogens (tertiary/aromatic N) is 3. The van der Waals surface area contributed by atoms with Gasteiger partial charge in [0.1, 0.15) is 5.84 Å². The zero-order chi connectivity index (χ0) is 19.0. The quantitative estimate of drug-likeness (QED) is 0.448. The molecular weight excluding hydrogens is 340 g/mol. The molecule has 0 aliphatic carbocycles. The summed E-state index contributed by atoms with van der Waals surface area (Å²) in [4.78, 5) is 20.3. The summed E-state index contributed by atoms with van der Waals surface area (Å²) in [5, 5.41) is 0. The van der Waals surface area contributed by atoms with Gasteiger partial charge in [-0.25, -0.2) is 9.79 Å². The Balaban J connectivity index is 1.70. The third kappa shape index (κ3) is 3.13. The molecule has 0 aliphatic rings. The zero-order valence-electron chi connectivity index (χ0n) is 15.0. The maximum absolute atomic E-state index is 11.7. The second kappa shape index (κ2) is 6.57. The number of benzene rings is 2. The van der Waals surface area contributed by atoms with Gasteiger partial charge in [-0.2, -0.15) is 0 Å². The monoisotopic (exact) mass is 358 g/mol. The number of rotatable bonds is 3. The topological polar surface area (TPSA) is 86.4 Å². The standard InChI is InChI=1S/C21H18N4O2/c1-13-10-14(15-6-8-18-19(11-15)27-21(26)25(18)2)5-7-17(13)24-20(22)16-4-3-9-23-12-16/h3-12H,1-2H3,(H2,22,24). The van der Waals surface area contributed by atoms with Crippen molar-refractivity contribution in [3.8, 4) is 11.1 Å². The van der Waals surface area contributed by atoms with Crippen LogP contribution in [0, 0.1) is 6.92 Å². The van der Waals surface area contributed by atoms with Gasteiger partial charge in [0.2, 0.25) is 0 Å². The lowest BCUT2D eigenvalue weighted by molar-refractivity contribution is 0.528. The van der Waals surface area contributed by atoms with E-state index in [4.69, 9.17) is 10.2 Å². The first kappa shape index (κ1) is 16.8. The Morgan fingerprint density at radius 3 is 2.67 bits per heavy atom. The Labute approximate surface area is 155 Å². The van der Waals surface area contributed by atoms with Crippen molar-refractivity contribution in [2.75, 3.05) is 0 Å². The molecule has 27 heavy (non-hydrogen) atoms. The van der Waals surface area contributed by atoms with Crippen molar-refractivity contribution in [3.63, 3.8) is 0 Å². The molecule has 6 nitrogen and oxygen atoms in total. The van der Waals surface area contributed by atoms with Crippen LogP contribution < -0.4 is 11.5 Å². The number of aliphatic imine (C=N–C) groups is 1. The first-order valence-corrected chi connectivity index (χ1v) is 8.48. The summed E-state index contributed by atoms with van der Waals surface area (Å²) in [6.07, 6.45) is 3.38. The minimum Gasteiger partial charge on any atom is -0.408 e. The van der Waals surface area contributed by atoms with E-state index in [1.54, 1.807) is 19.4 Å². The molecule has 0 spiro atoms. The van der Waals surface area contributed by atoms with E-state index < -0.39 is 0 Å². The number of hydrogen-bond donors (Lipinski definition) is 1. The average molecular weight is 358 g/mol. The molecule has 2 N–H and O–H groups in total. The van der Waals surface area contributed by atoms with E-state index in [2.05, 4.69) is 9.98 Å². The van der Waals surface area contributed by atoms with Crippen molar-refractivity contribution in [2.45, 2.75) is 6.92 Å². The number of aromatic nitrogens is 2. The van der Waals surface area contributed by atoms with Gasteiger partial charge < -0.3 is 10.2 Å². The Hall–Kier alpha value is -3.67. The van der Waals surface area contributed by atoms with Gasteiger partial charge in [0.05, 0.1) is 11.2 Å². The molecule has 2 aromatic carbocycles. The van der Waals surface area contributed by atoms with Gasteiger partial charge in [0, 0.05) is 25.0 Å². The smallest absolute Gasteiger partial charge is 0.408 e. The molecule has 0 aliphatic heterocycles. The van der Waals surface area contributed by atoms with Gasteiger partial charge in [0.25, 0.3) is 0 Å². The maximum Gasteiger partial charge on any atom is 0.419 e. The summed E-state index contributed by atoms with van der Waals surface area (Å²) in [6.45, 7) is 1.99. The fourth-order valence-corrected chi connectivity index (χ4v) is 2.98. The van der Waals surface area contributed by atoms with E-state index >= 15 is 0 Å². The molecule has 6 heteroatoms. The predicted octanol–water partition coefficient (Wildman–Crippen LogP) is 3.54. The molecule has 4 aromatic rings. The summed E-state index contributed by atoms with van der Waals surface area (Å²) in [5.74, 6) is 0.0559. The van der Waals surface area contributed by atoms with Gasteiger partial charge >= 0.3 is 5.76 Å². The normalized spacial score (nSPS) is 11.9. The highest BCUT2D eigenvalue weighted by molar-refractivity contribution is 5.99. The van der Waals surface area contributed by atoms with Crippen LogP contribution in [0.5, 0.6) is 0 Å². The zero-order valence-corrected chi connectivity index (χ0v) is 15.0. The summed E-state index contributed by atoms with van der Waals surface area (Å²) in [7, 11) is 1.69. The second-order valence-electron chi connectivity index (χ2n) is 6.35. The van der Waals surface area contributed by atoms with E-state index in [0.29, 0.717) is 11.4 Å².